The van der Waals surface area contributed by atoms with Crippen LogP contribution in [-0.2, 0) is 16.4 Å². The topological polar surface area (TPSA) is 135 Å². The zero-order valence-electron chi connectivity index (χ0n) is 25.7. The first-order valence-electron chi connectivity index (χ1n) is 14.9. The summed E-state index contributed by atoms with van der Waals surface area (Å²) in [5.74, 6) is -2.21. The number of aryl methyl sites for hydroxylation is 1. The Morgan fingerprint density at radius 2 is 1.82 bits per heavy atom. The van der Waals surface area contributed by atoms with E-state index < -0.39 is 39.0 Å². The number of likely N-dealkylation sites (tertiary alicyclic amines) is 1. The van der Waals surface area contributed by atoms with Crippen molar-refractivity contribution in [1.82, 2.24) is 14.8 Å². The fourth-order valence-corrected chi connectivity index (χ4v) is 6.00. The Bertz CT molecular complexity index is 1630. The predicted molar refractivity (Wildman–Crippen MR) is 167 cm³/mol. The van der Waals surface area contributed by atoms with Gasteiger partial charge in [0.25, 0.3) is 5.91 Å². The van der Waals surface area contributed by atoms with Gasteiger partial charge in [0, 0.05) is 56.8 Å². The van der Waals surface area contributed by atoms with E-state index in [4.69, 9.17) is 10.5 Å². The van der Waals surface area contributed by atoms with Crippen LogP contribution in [0.4, 0.5) is 19.3 Å². The van der Waals surface area contributed by atoms with Crippen LogP contribution in [-0.4, -0.2) is 67.1 Å². The standard InChI is InChI=1S/C32H39F2N5O5S/c1-4-5-6-13-39(32(41)37-28-17-25(31(35)40)26(33)18-27(28)34)23-11-14-38(15-12-23)20-22-7-10-30(36-19-22)44-29-9-8-24(16-21(29)2)45(3,42)43/h7-10,16-19,23H,4-6,11-15,20H2,1-3H3,(H2,35,40)(H,37,41). The smallest absolute Gasteiger partial charge is 0.322 e. The Morgan fingerprint density at radius 3 is 2.42 bits per heavy atom. The first-order chi connectivity index (χ1) is 21.3. The average Bonchev–Trinajstić information content (AvgIpc) is 2.98. The number of piperidine rings is 1. The van der Waals surface area contributed by atoms with Crippen LogP contribution in [0.2, 0.25) is 0 Å². The molecule has 4 rings (SSSR count). The Balaban J connectivity index is 1.35. The fraction of sp³-hybridized carbons (Fsp3) is 0.406. The number of pyridine rings is 1. The van der Waals surface area contributed by atoms with E-state index in [1.165, 1.54) is 6.07 Å². The van der Waals surface area contributed by atoms with Crippen molar-refractivity contribution in [3.8, 4) is 11.6 Å². The number of nitrogens with zero attached hydrogens (tertiary/aromatic N) is 3. The highest BCUT2D eigenvalue weighted by atomic mass is 32.2. The van der Waals surface area contributed by atoms with Gasteiger partial charge in [-0.1, -0.05) is 25.8 Å². The fourth-order valence-electron chi connectivity index (χ4n) is 5.29. The first kappa shape index (κ1) is 33.8. The zero-order valence-corrected chi connectivity index (χ0v) is 26.5. The van der Waals surface area contributed by atoms with Crippen LogP contribution in [0.15, 0.2) is 53.6 Å². The summed E-state index contributed by atoms with van der Waals surface area (Å²) in [7, 11) is -3.31. The molecule has 1 aliphatic rings. The van der Waals surface area contributed by atoms with E-state index in [0.717, 1.165) is 50.2 Å². The summed E-state index contributed by atoms with van der Waals surface area (Å²) in [6.07, 6.45) is 6.98. The third-order valence-corrected chi connectivity index (χ3v) is 8.93. The molecule has 0 bridgehead atoms. The third-order valence-electron chi connectivity index (χ3n) is 7.82. The van der Waals surface area contributed by atoms with E-state index in [0.29, 0.717) is 49.2 Å². The number of hydrogen-bond donors (Lipinski definition) is 2. The van der Waals surface area contributed by atoms with E-state index in [9.17, 15) is 26.8 Å². The van der Waals surface area contributed by atoms with Crippen molar-refractivity contribution < 1.29 is 31.5 Å². The number of rotatable bonds is 12. The lowest BCUT2D eigenvalue weighted by Crippen LogP contribution is -2.49. The van der Waals surface area contributed by atoms with Gasteiger partial charge in [0.2, 0.25) is 5.88 Å². The number of carbonyl (C=O) groups excluding carboxylic acids is 2. The summed E-state index contributed by atoms with van der Waals surface area (Å²) < 4.78 is 57.9. The van der Waals surface area contributed by atoms with Crippen molar-refractivity contribution in [3.63, 3.8) is 0 Å². The zero-order chi connectivity index (χ0) is 32.7. The number of halogens is 2. The molecule has 0 saturated carbocycles. The Kier molecular flexibility index (Phi) is 11.1. The number of nitrogens with one attached hydrogen (secondary N) is 1. The molecule has 0 aliphatic carbocycles. The molecule has 1 aliphatic heterocycles. The van der Waals surface area contributed by atoms with Crippen LogP contribution in [0.1, 0.15) is 60.5 Å². The minimum absolute atomic E-state index is 0.0801. The first-order valence-corrected chi connectivity index (χ1v) is 16.8. The maximum atomic E-state index is 14.5. The number of anilines is 1. The van der Waals surface area contributed by atoms with Crippen molar-refractivity contribution in [1.29, 1.82) is 0 Å². The molecule has 0 atom stereocenters. The van der Waals surface area contributed by atoms with Crippen molar-refractivity contribution in [3.05, 3.63) is 77.0 Å². The Hall–Kier alpha value is -4.10. The van der Waals surface area contributed by atoms with Crippen LogP contribution >= 0.6 is 0 Å². The van der Waals surface area contributed by atoms with Crippen LogP contribution in [0.25, 0.3) is 0 Å². The number of primary amides is 1. The molecule has 10 nitrogen and oxygen atoms in total. The molecule has 1 saturated heterocycles. The van der Waals surface area contributed by atoms with Gasteiger partial charge in [0.15, 0.2) is 9.84 Å². The second-order valence-corrected chi connectivity index (χ2v) is 13.3. The molecule has 3 aromatic rings. The quantitative estimate of drug-likeness (QED) is 0.244. The number of hydrogen-bond acceptors (Lipinski definition) is 7. The lowest BCUT2D eigenvalue weighted by atomic mass is 10.0. The molecule has 0 unspecified atom stereocenters. The van der Waals surface area contributed by atoms with Crippen molar-refractivity contribution in [2.24, 2.45) is 5.73 Å². The van der Waals surface area contributed by atoms with Crippen LogP contribution in [0.5, 0.6) is 11.6 Å². The maximum Gasteiger partial charge on any atom is 0.322 e. The number of aromatic nitrogens is 1. The van der Waals surface area contributed by atoms with E-state index in [-0.39, 0.29) is 16.6 Å². The number of unbranched alkanes of at least 4 members (excludes halogenated alkanes) is 2. The second-order valence-electron chi connectivity index (χ2n) is 11.3. The largest absolute Gasteiger partial charge is 0.439 e. The number of amides is 3. The lowest BCUT2D eigenvalue weighted by Gasteiger charge is -2.38. The normalized spacial score (nSPS) is 14.2. The molecular weight excluding hydrogens is 604 g/mol. The summed E-state index contributed by atoms with van der Waals surface area (Å²) >= 11 is 0. The highest BCUT2D eigenvalue weighted by Gasteiger charge is 2.29. The summed E-state index contributed by atoms with van der Waals surface area (Å²) in [6.45, 7) is 6.43. The summed E-state index contributed by atoms with van der Waals surface area (Å²) in [6, 6.07) is 9.27. The van der Waals surface area contributed by atoms with Crippen molar-refractivity contribution >= 4 is 27.5 Å². The predicted octanol–water partition coefficient (Wildman–Crippen LogP) is 5.65. The van der Waals surface area contributed by atoms with E-state index >= 15 is 0 Å². The van der Waals surface area contributed by atoms with Gasteiger partial charge in [0.1, 0.15) is 17.4 Å². The minimum atomic E-state index is -3.31. The molecule has 2 aromatic carbocycles. The molecule has 1 fully saturated rings. The lowest BCUT2D eigenvalue weighted by molar-refractivity contribution is 0.0996. The molecule has 3 amide bonds. The molecule has 45 heavy (non-hydrogen) atoms. The van der Waals surface area contributed by atoms with Gasteiger partial charge in [-0.2, -0.15) is 0 Å². The maximum absolute atomic E-state index is 14.5. The second kappa shape index (κ2) is 14.8. The molecule has 13 heteroatoms. The van der Waals surface area contributed by atoms with Gasteiger partial charge in [-0.15, -0.1) is 0 Å². The molecular formula is C32H39F2N5O5S. The van der Waals surface area contributed by atoms with E-state index in [1.54, 1.807) is 36.2 Å². The average molecular weight is 644 g/mol. The highest BCUT2D eigenvalue weighted by molar-refractivity contribution is 7.90. The number of carbonyl (C=O) groups is 2. The van der Waals surface area contributed by atoms with Crippen LogP contribution < -0.4 is 15.8 Å². The number of urea groups is 1. The molecule has 242 valence electrons. The monoisotopic (exact) mass is 643 g/mol. The van der Waals surface area contributed by atoms with Gasteiger partial charge >= 0.3 is 6.03 Å². The number of sulfone groups is 1. The van der Waals surface area contributed by atoms with Crippen molar-refractivity contribution in [2.75, 3.05) is 31.2 Å². The van der Waals surface area contributed by atoms with Gasteiger partial charge in [-0.25, -0.2) is 27.0 Å². The molecule has 0 radical (unpaired) electrons. The summed E-state index contributed by atoms with van der Waals surface area (Å²) in [5.41, 5.74) is 6.07. The van der Waals surface area contributed by atoms with Crippen LogP contribution in [0, 0.1) is 18.6 Å². The van der Waals surface area contributed by atoms with Crippen LogP contribution in [0.3, 0.4) is 0 Å². The Labute approximate surface area is 262 Å². The Morgan fingerprint density at radius 1 is 1.09 bits per heavy atom. The number of benzene rings is 2. The highest BCUT2D eigenvalue weighted by Crippen LogP contribution is 2.27. The summed E-state index contributed by atoms with van der Waals surface area (Å²) in [5, 5.41) is 2.52. The van der Waals surface area contributed by atoms with Gasteiger partial charge in [-0.3, -0.25) is 9.69 Å². The third kappa shape index (κ3) is 8.98. The molecule has 1 aromatic heterocycles. The number of ether oxygens (including phenoxy) is 1. The van der Waals surface area contributed by atoms with Gasteiger partial charge in [-0.05, 0) is 61.6 Å². The molecule has 0 spiro atoms. The summed E-state index contributed by atoms with van der Waals surface area (Å²) in [4.78, 5) is 33.5. The molecule has 2 heterocycles. The van der Waals surface area contributed by atoms with E-state index in [1.807, 2.05) is 6.07 Å². The van der Waals surface area contributed by atoms with Gasteiger partial charge in [0.05, 0.1) is 16.1 Å². The minimum Gasteiger partial charge on any atom is -0.439 e. The SMILES string of the molecule is CCCCCN(C(=O)Nc1cc(C(N)=O)c(F)cc1F)C1CCN(Cc2ccc(Oc3ccc(S(C)(=O)=O)cc3C)nc2)CC1. The van der Waals surface area contributed by atoms with Gasteiger partial charge < -0.3 is 20.7 Å². The van der Waals surface area contributed by atoms with E-state index in [2.05, 4.69) is 22.1 Å². The molecule has 3 N–H and O–H groups in total. The van der Waals surface area contributed by atoms with Crippen molar-refractivity contribution in [2.45, 2.75) is 63.4 Å². The number of nitrogens with two attached hydrogens (primary N) is 1.